The molecular formula is C19H33N5O2. The normalized spacial score (nSPS) is 16.4. The van der Waals surface area contributed by atoms with Crippen molar-refractivity contribution in [2.75, 3.05) is 13.1 Å². The van der Waals surface area contributed by atoms with E-state index in [0.717, 1.165) is 25.1 Å². The largest absolute Gasteiger partial charge is 0.443 e. The van der Waals surface area contributed by atoms with Crippen molar-refractivity contribution in [3.63, 3.8) is 0 Å². The number of amides is 1. The Hall–Kier alpha value is -2.05. The molecule has 0 aliphatic heterocycles. The van der Waals surface area contributed by atoms with Crippen LogP contribution in [-0.4, -0.2) is 36.0 Å². The van der Waals surface area contributed by atoms with E-state index in [1.165, 1.54) is 19.3 Å². The summed E-state index contributed by atoms with van der Waals surface area (Å²) in [6.07, 6.45) is 7.59. The Kier molecular flexibility index (Phi) is 7.48. The molecule has 1 amide bonds. The summed E-state index contributed by atoms with van der Waals surface area (Å²) >= 11 is 0. The Morgan fingerprint density at radius 1 is 1.27 bits per heavy atom. The molecule has 0 aromatic carbocycles. The van der Waals surface area contributed by atoms with Crippen molar-refractivity contribution in [1.29, 1.82) is 0 Å². The summed E-state index contributed by atoms with van der Waals surface area (Å²) in [6, 6.07) is 0.310. The van der Waals surface area contributed by atoms with Crippen molar-refractivity contribution in [1.82, 2.24) is 20.9 Å². The lowest BCUT2D eigenvalue weighted by Gasteiger charge is -2.22. The van der Waals surface area contributed by atoms with Crippen LogP contribution in [0.15, 0.2) is 15.6 Å². The molecule has 0 unspecified atom stereocenters. The van der Waals surface area contributed by atoms with E-state index in [4.69, 9.17) is 4.42 Å². The number of nitrogens with one attached hydrogen (secondary N) is 3. The minimum atomic E-state index is -0.0684. The molecule has 26 heavy (non-hydrogen) atoms. The second-order valence-electron chi connectivity index (χ2n) is 7.82. The highest BCUT2D eigenvalue weighted by Gasteiger charge is 2.19. The Balaban J connectivity index is 1.83. The molecule has 0 spiro atoms. The maximum Gasteiger partial charge on any atom is 0.242 e. The van der Waals surface area contributed by atoms with E-state index in [9.17, 15) is 4.79 Å². The molecule has 1 aromatic heterocycles. The summed E-state index contributed by atoms with van der Waals surface area (Å²) in [7, 11) is 0. The van der Waals surface area contributed by atoms with Gasteiger partial charge in [0.05, 0.1) is 12.7 Å². The van der Waals surface area contributed by atoms with Gasteiger partial charge < -0.3 is 20.4 Å². The molecule has 1 fully saturated rings. The Labute approximate surface area is 156 Å². The first kappa shape index (κ1) is 20.3. The van der Waals surface area contributed by atoms with Crippen LogP contribution in [0, 0.1) is 0 Å². The summed E-state index contributed by atoms with van der Waals surface area (Å²) < 4.78 is 5.77. The van der Waals surface area contributed by atoms with Crippen LogP contribution in [0.4, 0.5) is 0 Å². The minimum Gasteiger partial charge on any atom is -0.443 e. The van der Waals surface area contributed by atoms with Gasteiger partial charge in [0, 0.05) is 18.0 Å². The highest BCUT2D eigenvalue weighted by molar-refractivity contribution is 5.84. The van der Waals surface area contributed by atoms with Crippen LogP contribution >= 0.6 is 0 Å². The highest BCUT2D eigenvalue weighted by Crippen LogP contribution is 2.22. The van der Waals surface area contributed by atoms with Crippen LogP contribution in [0.1, 0.15) is 71.5 Å². The molecule has 2 rings (SSSR count). The number of hydrogen-bond acceptors (Lipinski definition) is 4. The van der Waals surface area contributed by atoms with E-state index in [-0.39, 0.29) is 17.9 Å². The molecule has 1 aliphatic carbocycles. The van der Waals surface area contributed by atoms with Crippen LogP contribution in [0.25, 0.3) is 0 Å². The summed E-state index contributed by atoms with van der Waals surface area (Å²) in [5.41, 5.74) is -0.0684. The maximum absolute atomic E-state index is 12.1. The second kappa shape index (κ2) is 9.59. The number of nitrogens with zero attached hydrogens (tertiary/aromatic N) is 2. The van der Waals surface area contributed by atoms with Gasteiger partial charge in [-0.15, -0.1) is 0 Å². The zero-order valence-corrected chi connectivity index (χ0v) is 16.5. The van der Waals surface area contributed by atoms with Crippen molar-refractivity contribution in [2.45, 2.75) is 77.8 Å². The molecule has 1 heterocycles. The average molecular weight is 364 g/mol. The highest BCUT2D eigenvalue weighted by atomic mass is 16.4. The number of carbonyl (C=O) groups excluding carboxylic acids is 1. The third-order valence-electron chi connectivity index (χ3n) is 4.40. The van der Waals surface area contributed by atoms with Crippen molar-refractivity contribution in [3.8, 4) is 0 Å². The van der Waals surface area contributed by atoms with Gasteiger partial charge in [0.25, 0.3) is 0 Å². The number of rotatable bonds is 6. The predicted octanol–water partition coefficient (Wildman–Crippen LogP) is 2.48. The van der Waals surface area contributed by atoms with Gasteiger partial charge in [-0.25, -0.2) is 9.98 Å². The minimum absolute atomic E-state index is 0.0276. The SMILES string of the molecule is CCNC(=NCC(=O)NC1CCCCC1)NCc1ncc(C(C)(C)C)o1. The molecule has 0 saturated heterocycles. The quantitative estimate of drug-likeness (QED) is 0.533. The molecule has 0 atom stereocenters. The standard InChI is InChI=1S/C19H33N5O2/c1-5-20-18(22-12-16(25)24-14-9-7-6-8-10-14)23-13-17-21-11-15(26-17)19(2,3)4/h11,14H,5-10,12-13H2,1-4H3,(H,24,25)(H2,20,22,23). The van der Waals surface area contributed by atoms with E-state index in [1.807, 2.05) is 6.92 Å². The molecule has 7 heteroatoms. The van der Waals surface area contributed by atoms with E-state index in [2.05, 4.69) is 46.7 Å². The van der Waals surface area contributed by atoms with Gasteiger partial charge in [-0.2, -0.15) is 0 Å². The monoisotopic (exact) mass is 363 g/mol. The van der Waals surface area contributed by atoms with E-state index in [0.29, 0.717) is 24.4 Å². The summed E-state index contributed by atoms with van der Waals surface area (Å²) in [6.45, 7) is 9.50. The molecule has 1 saturated carbocycles. The maximum atomic E-state index is 12.1. The van der Waals surface area contributed by atoms with Crippen LogP contribution in [0.5, 0.6) is 0 Å². The van der Waals surface area contributed by atoms with Crippen LogP contribution in [0.3, 0.4) is 0 Å². The lowest BCUT2D eigenvalue weighted by Crippen LogP contribution is -2.40. The number of aliphatic imine (C=N–C) groups is 1. The summed E-state index contributed by atoms with van der Waals surface area (Å²) in [5, 5.41) is 9.38. The van der Waals surface area contributed by atoms with Gasteiger partial charge in [0.15, 0.2) is 5.96 Å². The number of aromatic nitrogens is 1. The van der Waals surface area contributed by atoms with Crippen LogP contribution in [-0.2, 0) is 16.8 Å². The molecule has 1 aliphatic rings. The van der Waals surface area contributed by atoms with E-state index >= 15 is 0 Å². The van der Waals surface area contributed by atoms with Crippen molar-refractivity contribution in [3.05, 3.63) is 17.8 Å². The van der Waals surface area contributed by atoms with E-state index < -0.39 is 0 Å². The van der Waals surface area contributed by atoms with Gasteiger partial charge in [-0.3, -0.25) is 4.79 Å². The number of oxazole rings is 1. The molecule has 7 nitrogen and oxygen atoms in total. The fraction of sp³-hybridized carbons (Fsp3) is 0.737. The zero-order chi connectivity index (χ0) is 19.0. The van der Waals surface area contributed by atoms with Gasteiger partial charge in [-0.05, 0) is 19.8 Å². The molecule has 0 radical (unpaired) electrons. The Bertz CT molecular complexity index is 597. The van der Waals surface area contributed by atoms with E-state index in [1.54, 1.807) is 6.20 Å². The lowest BCUT2D eigenvalue weighted by atomic mass is 9.94. The average Bonchev–Trinajstić information content (AvgIpc) is 3.08. The smallest absolute Gasteiger partial charge is 0.242 e. The van der Waals surface area contributed by atoms with Gasteiger partial charge in [-0.1, -0.05) is 40.0 Å². The zero-order valence-electron chi connectivity index (χ0n) is 16.5. The molecule has 3 N–H and O–H groups in total. The first-order valence-corrected chi connectivity index (χ1v) is 9.65. The van der Waals surface area contributed by atoms with Crippen molar-refractivity contribution in [2.24, 2.45) is 4.99 Å². The van der Waals surface area contributed by atoms with Crippen LogP contribution in [0.2, 0.25) is 0 Å². The third kappa shape index (κ3) is 6.69. The van der Waals surface area contributed by atoms with Gasteiger partial charge in [0.2, 0.25) is 11.8 Å². The van der Waals surface area contributed by atoms with Gasteiger partial charge in [0.1, 0.15) is 12.3 Å². The molecular weight excluding hydrogens is 330 g/mol. The Morgan fingerprint density at radius 2 is 2.00 bits per heavy atom. The summed E-state index contributed by atoms with van der Waals surface area (Å²) in [4.78, 5) is 20.8. The molecule has 1 aromatic rings. The lowest BCUT2D eigenvalue weighted by molar-refractivity contribution is -0.120. The third-order valence-corrected chi connectivity index (χ3v) is 4.40. The molecule has 0 bridgehead atoms. The van der Waals surface area contributed by atoms with Crippen molar-refractivity contribution < 1.29 is 9.21 Å². The number of guanidine groups is 1. The fourth-order valence-corrected chi connectivity index (χ4v) is 2.91. The topological polar surface area (TPSA) is 91.5 Å². The fourth-order valence-electron chi connectivity index (χ4n) is 2.91. The van der Waals surface area contributed by atoms with Crippen LogP contribution < -0.4 is 16.0 Å². The second-order valence-corrected chi connectivity index (χ2v) is 7.82. The van der Waals surface area contributed by atoms with Gasteiger partial charge >= 0.3 is 0 Å². The molecule has 146 valence electrons. The predicted molar refractivity (Wildman–Crippen MR) is 103 cm³/mol. The number of carbonyl (C=O) groups is 1. The first-order valence-electron chi connectivity index (χ1n) is 9.65. The van der Waals surface area contributed by atoms with Crippen molar-refractivity contribution >= 4 is 11.9 Å². The first-order chi connectivity index (χ1) is 12.4. The number of hydrogen-bond donors (Lipinski definition) is 3. The summed E-state index contributed by atoms with van der Waals surface area (Å²) in [5.74, 6) is 2.01. The Morgan fingerprint density at radius 3 is 2.62 bits per heavy atom.